The monoisotopic (exact) mass is 495 g/mol. The maximum Gasteiger partial charge on any atom is 0.573 e. The molecular formula is C18H21F3IN3O2. The van der Waals surface area contributed by atoms with Crippen molar-refractivity contribution in [1.29, 1.82) is 0 Å². The number of aliphatic imine (C=N–C) groups is 1. The van der Waals surface area contributed by atoms with E-state index in [2.05, 4.69) is 15.0 Å². The highest BCUT2D eigenvalue weighted by molar-refractivity contribution is 14.0. The molecule has 0 fully saturated rings. The first-order valence-corrected chi connectivity index (χ1v) is 7.90. The third-order valence-corrected chi connectivity index (χ3v) is 3.12. The lowest BCUT2D eigenvalue weighted by Gasteiger charge is -2.12. The summed E-state index contributed by atoms with van der Waals surface area (Å²) in [5.74, 6) is 0.496. The van der Waals surface area contributed by atoms with Gasteiger partial charge in [0.25, 0.3) is 0 Å². The molecule has 27 heavy (non-hydrogen) atoms. The van der Waals surface area contributed by atoms with Crippen molar-refractivity contribution < 1.29 is 22.6 Å². The maximum absolute atomic E-state index is 12.4. The molecule has 0 spiro atoms. The van der Waals surface area contributed by atoms with E-state index in [1.54, 1.807) is 30.3 Å². The van der Waals surface area contributed by atoms with Gasteiger partial charge in [-0.1, -0.05) is 18.2 Å². The number of hydrogen-bond acceptors (Lipinski definition) is 3. The quantitative estimate of drug-likeness (QED) is 0.339. The zero-order valence-electron chi connectivity index (χ0n) is 14.8. The van der Waals surface area contributed by atoms with Gasteiger partial charge in [0.15, 0.2) is 5.96 Å². The van der Waals surface area contributed by atoms with Gasteiger partial charge in [0, 0.05) is 11.3 Å². The zero-order chi connectivity index (χ0) is 19.2. The van der Waals surface area contributed by atoms with Crippen molar-refractivity contribution >= 4 is 35.6 Å². The smallest absolute Gasteiger partial charge is 0.491 e. The molecule has 0 atom stereocenters. The van der Waals surface area contributed by atoms with E-state index in [0.29, 0.717) is 5.69 Å². The van der Waals surface area contributed by atoms with Crippen molar-refractivity contribution in [3.63, 3.8) is 0 Å². The number of alkyl halides is 3. The average Bonchev–Trinajstić information content (AvgIpc) is 2.54. The highest BCUT2D eigenvalue weighted by Gasteiger charge is 2.31. The second-order valence-electron chi connectivity index (χ2n) is 5.67. The summed E-state index contributed by atoms with van der Waals surface area (Å²) in [4.78, 5) is 4.06. The molecule has 9 heteroatoms. The number of guanidine groups is 1. The molecule has 0 unspecified atom stereocenters. The van der Waals surface area contributed by atoms with Gasteiger partial charge >= 0.3 is 6.36 Å². The van der Waals surface area contributed by atoms with Gasteiger partial charge in [-0.2, -0.15) is 0 Å². The summed E-state index contributed by atoms with van der Waals surface area (Å²) in [6.45, 7) is 3.80. The molecule has 0 bridgehead atoms. The molecule has 148 valence electrons. The van der Waals surface area contributed by atoms with Gasteiger partial charge in [-0.25, -0.2) is 4.99 Å². The Bertz CT molecular complexity index is 750. The van der Waals surface area contributed by atoms with E-state index < -0.39 is 6.36 Å². The molecule has 3 N–H and O–H groups in total. The van der Waals surface area contributed by atoms with Crippen molar-refractivity contribution in [2.75, 3.05) is 5.32 Å². The summed E-state index contributed by atoms with van der Waals surface area (Å²) in [5.41, 5.74) is 6.75. The van der Waals surface area contributed by atoms with Gasteiger partial charge < -0.3 is 20.5 Å². The largest absolute Gasteiger partial charge is 0.573 e. The standard InChI is InChI=1S/C18H20F3N3O2.HI/c1-12(2)25-15-9-7-14(8-10-15)24-17(22)23-11-13-5-3-4-6-16(13)26-18(19,20)21;/h3-10,12H,11H2,1-2H3,(H3,22,23,24);1H. The first-order valence-electron chi connectivity index (χ1n) is 7.90. The number of hydrogen-bond donors (Lipinski definition) is 2. The van der Waals surface area contributed by atoms with Crippen LogP contribution < -0.4 is 20.5 Å². The number of ether oxygens (including phenoxy) is 2. The first-order chi connectivity index (χ1) is 12.2. The number of nitrogens with zero attached hydrogens (tertiary/aromatic N) is 1. The van der Waals surface area contributed by atoms with Gasteiger partial charge in [-0.3, -0.25) is 0 Å². The Morgan fingerprint density at radius 2 is 1.74 bits per heavy atom. The summed E-state index contributed by atoms with van der Waals surface area (Å²) in [5, 5.41) is 2.87. The number of rotatable bonds is 6. The van der Waals surface area contributed by atoms with E-state index in [1.807, 2.05) is 13.8 Å². The molecule has 2 aromatic rings. The molecule has 0 aliphatic heterocycles. The number of halogens is 4. The van der Waals surface area contributed by atoms with Crippen LogP contribution in [0.3, 0.4) is 0 Å². The van der Waals surface area contributed by atoms with Gasteiger partial charge in [-0.15, -0.1) is 37.1 Å². The van der Waals surface area contributed by atoms with Crippen LogP contribution in [-0.2, 0) is 6.54 Å². The fourth-order valence-corrected chi connectivity index (χ4v) is 2.11. The van der Waals surface area contributed by atoms with Crippen molar-refractivity contribution in [2.24, 2.45) is 10.7 Å². The lowest BCUT2D eigenvalue weighted by atomic mass is 10.2. The van der Waals surface area contributed by atoms with Crippen molar-refractivity contribution in [3.8, 4) is 11.5 Å². The van der Waals surface area contributed by atoms with Crippen molar-refractivity contribution in [2.45, 2.75) is 32.9 Å². The van der Waals surface area contributed by atoms with Gasteiger partial charge in [-0.05, 0) is 44.2 Å². The lowest BCUT2D eigenvalue weighted by Crippen LogP contribution is -2.22. The second kappa shape index (κ2) is 10.2. The topological polar surface area (TPSA) is 68.9 Å². The average molecular weight is 495 g/mol. The van der Waals surface area contributed by atoms with Gasteiger partial charge in [0.05, 0.1) is 12.6 Å². The van der Waals surface area contributed by atoms with Crippen LogP contribution in [-0.4, -0.2) is 18.4 Å². The number of nitrogens with two attached hydrogens (primary N) is 1. The lowest BCUT2D eigenvalue weighted by molar-refractivity contribution is -0.274. The van der Waals surface area contributed by atoms with E-state index in [9.17, 15) is 13.2 Å². The molecule has 2 rings (SSSR count). The summed E-state index contributed by atoms with van der Waals surface area (Å²) >= 11 is 0. The van der Waals surface area contributed by atoms with Gasteiger partial charge in [0.1, 0.15) is 11.5 Å². The Morgan fingerprint density at radius 1 is 1.11 bits per heavy atom. The summed E-state index contributed by atoms with van der Waals surface area (Å²) in [6.07, 6.45) is -4.69. The molecule has 5 nitrogen and oxygen atoms in total. The first kappa shape index (κ1) is 22.9. The van der Waals surface area contributed by atoms with E-state index >= 15 is 0 Å². The molecule has 0 amide bonds. The van der Waals surface area contributed by atoms with E-state index in [0.717, 1.165) is 5.75 Å². The Morgan fingerprint density at radius 3 is 2.33 bits per heavy atom. The maximum atomic E-state index is 12.4. The van der Waals surface area contributed by atoms with Gasteiger partial charge in [0.2, 0.25) is 0 Å². The fourth-order valence-electron chi connectivity index (χ4n) is 2.11. The Hall–Kier alpha value is -2.17. The Kier molecular flexibility index (Phi) is 8.67. The molecule has 0 aliphatic rings. The third-order valence-electron chi connectivity index (χ3n) is 3.12. The van der Waals surface area contributed by atoms with E-state index in [4.69, 9.17) is 10.5 Å². The van der Waals surface area contributed by atoms with Crippen LogP contribution in [0.1, 0.15) is 19.4 Å². The van der Waals surface area contributed by atoms with Crippen molar-refractivity contribution in [3.05, 3.63) is 54.1 Å². The van der Waals surface area contributed by atoms with Crippen LogP contribution in [0.15, 0.2) is 53.5 Å². The molecule has 0 heterocycles. The van der Waals surface area contributed by atoms with Crippen LogP contribution in [0.4, 0.5) is 18.9 Å². The minimum atomic E-state index is -4.76. The number of nitrogens with one attached hydrogen (secondary N) is 1. The number of para-hydroxylation sites is 1. The minimum absolute atomic E-state index is 0. The van der Waals surface area contributed by atoms with E-state index in [1.165, 1.54) is 18.2 Å². The predicted molar refractivity (Wildman–Crippen MR) is 110 cm³/mol. The van der Waals surface area contributed by atoms with Crippen molar-refractivity contribution in [1.82, 2.24) is 0 Å². The molecule has 2 aromatic carbocycles. The van der Waals surface area contributed by atoms with Crippen LogP contribution >= 0.6 is 24.0 Å². The number of benzene rings is 2. The molecule has 0 saturated heterocycles. The zero-order valence-corrected chi connectivity index (χ0v) is 17.1. The molecule has 0 radical (unpaired) electrons. The van der Waals surface area contributed by atoms with E-state index in [-0.39, 0.29) is 53.9 Å². The minimum Gasteiger partial charge on any atom is -0.491 e. The summed E-state index contributed by atoms with van der Waals surface area (Å²) < 4.78 is 46.8. The third kappa shape index (κ3) is 8.37. The van der Waals surface area contributed by atoms with Crippen LogP contribution in [0.25, 0.3) is 0 Å². The SMILES string of the molecule is CC(C)Oc1ccc(NC(N)=NCc2ccccc2OC(F)(F)F)cc1.I. The fraction of sp³-hybridized carbons (Fsp3) is 0.278. The number of anilines is 1. The highest BCUT2D eigenvalue weighted by atomic mass is 127. The Balaban J connectivity index is 0.00000364. The molecular weight excluding hydrogens is 474 g/mol. The molecule has 0 aromatic heterocycles. The summed E-state index contributed by atoms with van der Waals surface area (Å²) in [6, 6.07) is 12.9. The second-order valence-corrected chi connectivity index (χ2v) is 5.67. The Labute approximate surface area is 172 Å². The highest BCUT2D eigenvalue weighted by Crippen LogP contribution is 2.26. The normalized spacial score (nSPS) is 11.7. The molecule has 0 aliphatic carbocycles. The summed E-state index contributed by atoms with van der Waals surface area (Å²) in [7, 11) is 0. The van der Waals surface area contributed by atoms with Crippen LogP contribution in [0, 0.1) is 0 Å². The van der Waals surface area contributed by atoms with Crippen LogP contribution in [0.5, 0.6) is 11.5 Å². The predicted octanol–water partition coefficient (Wildman–Crippen LogP) is 4.92. The van der Waals surface area contributed by atoms with Crippen LogP contribution in [0.2, 0.25) is 0 Å². The molecule has 0 saturated carbocycles.